The normalized spacial score (nSPS) is 12.9. The first kappa shape index (κ1) is 27.3. The Balaban J connectivity index is 0.00000480. The van der Waals surface area contributed by atoms with Gasteiger partial charge in [-0.05, 0) is 56.0 Å². The molecule has 3 N–H and O–H groups in total. The van der Waals surface area contributed by atoms with Gasteiger partial charge in [-0.2, -0.15) is 0 Å². The molecule has 31 heavy (non-hydrogen) atoms. The molecule has 0 heterocycles. The Morgan fingerprint density at radius 1 is 1.10 bits per heavy atom. The zero-order valence-electron chi connectivity index (χ0n) is 18.6. The highest BCUT2D eigenvalue weighted by atomic mass is 127. The minimum Gasteiger partial charge on any atom is -0.352 e. The summed E-state index contributed by atoms with van der Waals surface area (Å²) in [5, 5.41) is 6.44. The molecule has 0 spiro atoms. The van der Waals surface area contributed by atoms with Crippen LogP contribution in [0.3, 0.4) is 0 Å². The minimum atomic E-state index is -3.42. The van der Waals surface area contributed by atoms with Gasteiger partial charge in [-0.15, -0.1) is 24.0 Å². The van der Waals surface area contributed by atoms with Crippen molar-refractivity contribution < 1.29 is 12.8 Å². The molecule has 0 radical (unpaired) electrons. The zero-order valence-corrected chi connectivity index (χ0v) is 21.7. The molecule has 2 aromatic carbocycles. The van der Waals surface area contributed by atoms with E-state index in [0.717, 1.165) is 16.7 Å². The van der Waals surface area contributed by atoms with Crippen LogP contribution in [0.25, 0.3) is 0 Å². The van der Waals surface area contributed by atoms with Crippen molar-refractivity contribution in [3.8, 4) is 0 Å². The predicted molar refractivity (Wildman–Crippen MR) is 136 cm³/mol. The highest BCUT2D eigenvalue weighted by molar-refractivity contribution is 14.0. The van der Waals surface area contributed by atoms with Gasteiger partial charge in [0.15, 0.2) is 5.96 Å². The van der Waals surface area contributed by atoms with Crippen LogP contribution in [-0.2, 0) is 22.3 Å². The van der Waals surface area contributed by atoms with Crippen LogP contribution in [0.1, 0.15) is 49.1 Å². The van der Waals surface area contributed by atoms with Crippen molar-refractivity contribution in [1.82, 2.24) is 15.4 Å². The van der Waals surface area contributed by atoms with E-state index in [9.17, 15) is 12.8 Å². The van der Waals surface area contributed by atoms with Gasteiger partial charge in [0.2, 0.25) is 10.0 Å². The lowest BCUT2D eigenvalue weighted by Gasteiger charge is -2.19. The van der Waals surface area contributed by atoms with Crippen LogP contribution in [0, 0.1) is 12.7 Å². The number of aliphatic imine (C=N–C) groups is 1. The second-order valence-electron chi connectivity index (χ2n) is 7.60. The molecule has 9 heteroatoms. The number of benzene rings is 2. The summed E-state index contributed by atoms with van der Waals surface area (Å²) >= 11 is 0. The fraction of sp³-hybridized carbons (Fsp3) is 0.409. The molecule has 0 bridgehead atoms. The number of hydrogen-bond acceptors (Lipinski definition) is 3. The predicted octanol–water partition coefficient (Wildman–Crippen LogP) is 4.01. The Hall–Kier alpha value is -1.72. The SMILES string of the molecule is CN=C(NCc1ccccc1CS(=O)(=O)NC(C)C)NC(C)c1ccc(C)c(F)c1.I. The van der Waals surface area contributed by atoms with Gasteiger partial charge >= 0.3 is 0 Å². The van der Waals surface area contributed by atoms with Gasteiger partial charge in [0.1, 0.15) is 5.82 Å². The average molecular weight is 562 g/mol. The van der Waals surface area contributed by atoms with E-state index < -0.39 is 10.0 Å². The number of hydrogen-bond donors (Lipinski definition) is 3. The Morgan fingerprint density at radius 3 is 2.32 bits per heavy atom. The molecule has 0 aliphatic heterocycles. The molecular formula is C22H32FIN4O2S. The molecule has 0 fully saturated rings. The van der Waals surface area contributed by atoms with E-state index >= 15 is 0 Å². The molecule has 6 nitrogen and oxygen atoms in total. The number of sulfonamides is 1. The van der Waals surface area contributed by atoms with Gasteiger partial charge in [-0.25, -0.2) is 17.5 Å². The fourth-order valence-electron chi connectivity index (χ4n) is 3.02. The highest BCUT2D eigenvalue weighted by Crippen LogP contribution is 2.16. The molecule has 0 saturated heterocycles. The molecular weight excluding hydrogens is 530 g/mol. The van der Waals surface area contributed by atoms with Crippen LogP contribution >= 0.6 is 24.0 Å². The van der Waals surface area contributed by atoms with E-state index in [0.29, 0.717) is 18.1 Å². The Labute approximate surface area is 202 Å². The zero-order chi connectivity index (χ0) is 22.3. The van der Waals surface area contributed by atoms with Crippen molar-refractivity contribution in [2.45, 2.75) is 52.1 Å². The number of nitrogens with one attached hydrogen (secondary N) is 3. The van der Waals surface area contributed by atoms with E-state index in [1.165, 1.54) is 6.07 Å². The Kier molecular flexibility index (Phi) is 10.9. The van der Waals surface area contributed by atoms with Crippen LogP contribution in [-0.4, -0.2) is 27.5 Å². The van der Waals surface area contributed by atoms with Gasteiger partial charge in [0.25, 0.3) is 0 Å². The average Bonchev–Trinajstić information content (AvgIpc) is 2.66. The maximum Gasteiger partial charge on any atom is 0.216 e. The molecule has 1 unspecified atom stereocenters. The van der Waals surface area contributed by atoms with Crippen molar-refractivity contribution >= 4 is 40.0 Å². The molecule has 0 aliphatic carbocycles. The van der Waals surface area contributed by atoms with Crippen LogP contribution in [0.4, 0.5) is 4.39 Å². The Morgan fingerprint density at radius 2 is 1.74 bits per heavy atom. The summed E-state index contributed by atoms with van der Waals surface area (Å²) in [4.78, 5) is 4.22. The van der Waals surface area contributed by atoms with Gasteiger partial charge < -0.3 is 10.6 Å². The summed E-state index contributed by atoms with van der Waals surface area (Å²) in [5.74, 6) is 0.212. The standard InChI is InChI=1S/C22H31FN4O2S.HI/c1-15(2)27-30(28,29)14-20-9-7-6-8-19(20)13-25-22(24-5)26-17(4)18-11-10-16(3)21(23)12-18;/h6-12,15,17,27H,13-14H2,1-5H3,(H2,24,25,26);1H. The summed E-state index contributed by atoms with van der Waals surface area (Å²) in [6, 6.07) is 12.2. The number of nitrogens with zero attached hydrogens (tertiary/aromatic N) is 1. The number of halogens is 2. The molecule has 0 saturated carbocycles. The summed E-state index contributed by atoms with van der Waals surface area (Å²) in [6.07, 6.45) is 0. The minimum absolute atomic E-state index is 0. The molecule has 0 amide bonds. The number of rotatable bonds is 8. The van der Waals surface area contributed by atoms with E-state index in [1.807, 2.05) is 37.3 Å². The van der Waals surface area contributed by atoms with Gasteiger partial charge in [0.05, 0.1) is 11.8 Å². The number of guanidine groups is 1. The maximum atomic E-state index is 13.9. The van der Waals surface area contributed by atoms with E-state index in [2.05, 4.69) is 20.3 Å². The summed E-state index contributed by atoms with van der Waals surface area (Å²) in [6.45, 7) is 7.65. The van der Waals surface area contributed by atoms with Crippen molar-refractivity contribution in [3.05, 3.63) is 70.5 Å². The lowest BCUT2D eigenvalue weighted by molar-refractivity contribution is 0.568. The number of aryl methyl sites for hydroxylation is 1. The molecule has 0 aliphatic rings. The fourth-order valence-corrected chi connectivity index (χ4v) is 4.51. The van der Waals surface area contributed by atoms with Crippen LogP contribution < -0.4 is 15.4 Å². The quantitative estimate of drug-likeness (QED) is 0.258. The van der Waals surface area contributed by atoms with Gasteiger partial charge in [-0.3, -0.25) is 4.99 Å². The lowest BCUT2D eigenvalue weighted by Crippen LogP contribution is -2.38. The maximum absolute atomic E-state index is 13.9. The van der Waals surface area contributed by atoms with Gasteiger partial charge in [0, 0.05) is 19.6 Å². The summed E-state index contributed by atoms with van der Waals surface area (Å²) in [5.41, 5.74) is 3.00. The van der Waals surface area contributed by atoms with Crippen molar-refractivity contribution in [2.75, 3.05) is 7.05 Å². The van der Waals surface area contributed by atoms with Gasteiger partial charge in [-0.1, -0.05) is 36.4 Å². The molecule has 2 rings (SSSR count). The topological polar surface area (TPSA) is 82.6 Å². The van der Waals surface area contributed by atoms with Crippen LogP contribution in [0.15, 0.2) is 47.5 Å². The molecule has 1 atom stereocenters. The Bertz CT molecular complexity index is 997. The summed E-state index contributed by atoms with van der Waals surface area (Å²) < 4.78 is 41.1. The largest absolute Gasteiger partial charge is 0.352 e. The first-order valence-electron chi connectivity index (χ1n) is 9.91. The third-order valence-electron chi connectivity index (χ3n) is 4.60. The molecule has 0 aromatic heterocycles. The van der Waals surface area contributed by atoms with Crippen molar-refractivity contribution in [1.29, 1.82) is 0 Å². The van der Waals surface area contributed by atoms with E-state index in [4.69, 9.17) is 0 Å². The van der Waals surface area contributed by atoms with Crippen LogP contribution in [0.5, 0.6) is 0 Å². The molecule has 172 valence electrons. The van der Waals surface area contributed by atoms with E-state index in [-0.39, 0.29) is 47.6 Å². The first-order chi connectivity index (χ1) is 14.1. The third-order valence-corrected chi connectivity index (χ3v) is 6.12. The monoisotopic (exact) mass is 562 g/mol. The first-order valence-corrected chi connectivity index (χ1v) is 11.6. The van der Waals surface area contributed by atoms with Crippen molar-refractivity contribution in [3.63, 3.8) is 0 Å². The van der Waals surface area contributed by atoms with E-state index in [1.54, 1.807) is 33.9 Å². The van der Waals surface area contributed by atoms with Crippen LogP contribution in [0.2, 0.25) is 0 Å². The summed E-state index contributed by atoms with van der Waals surface area (Å²) in [7, 11) is -1.77. The second kappa shape index (κ2) is 12.4. The lowest BCUT2D eigenvalue weighted by atomic mass is 10.1. The smallest absolute Gasteiger partial charge is 0.216 e. The third kappa shape index (κ3) is 8.74. The second-order valence-corrected chi connectivity index (χ2v) is 9.35. The molecule has 2 aromatic rings. The highest BCUT2D eigenvalue weighted by Gasteiger charge is 2.16. The van der Waals surface area contributed by atoms with Crippen molar-refractivity contribution in [2.24, 2.45) is 4.99 Å².